The summed E-state index contributed by atoms with van der Waals surface area (Å²) >= 11 is 0. The zero-order valence-corrected chi connectivity index (χ0v) is 11.9. The number of hydrogen-bond acceptors (Lipinski definition) is 4. The van der Waals surface area contributed by atoms with Gasteiger partial charge in [0, 0.05) is 11.9 Å². The van der Waals surface area contributed by atoms with Crippen molar-refractivity contribution in [3.63, 3.8) is 0 Å². The predicted octanol–water partition coefficient (Wildman–Crippen LogP) is 1.45. The second-order valence-electron chi connectivity index (χ2n) is 5.66. The molecule has 0 aliphatic rings. The minimum atomic E-state index is -1.68. The lowest BCUT2D eigenvalue weighted by Crippen LogP contribution is -2.56. The lowest BCUT2D eigenvalue weighted by atomic mass is 10.0. The van der Waals surface area contributed by atoms with Crippen molar-refractivity contribution >= 4 is 5.97 Å². The highest BCUT2D eigenvalue weighted by atomic mass is 19.1. The van der Waals surface area contributed by atoms with Crippen molar-refractivity contribution in [1.82, 2.24) is 9.55 Å². The van der Waals surface area contributed by atoms with Crippen LogP contribution in [0.2, 0.25) is 0 Å². The van der Waals surface area contributed by atoms with Crippen LogP contribution in [0.5, 0.6) is 0 Å². The summed E-state index contributed by atoms with van der Waals surface area (Å²) in [6, 6.07) is 0. The van der Waals surface area contributed by atoms with Crippen molar-refractivity contribution in [2.45, 2.75) is 51.8 Å². The van der Waals surface area contributed by atoms with Gasteiger partial charge in [-0.3, -0.25) is 0 Å². The minimum absolute atomic E-state index is 0.0155. The second-order valence-corrected chi connectivity index (χ2v) is 5.66. The summed E-state index contributed by atoms with van der Waals surface area (Å²) in [4.78, 5) is 16.0. The van der Waals surface area contributed by atoms with Crippen LogP contribution in [0.15, 0.2) is 12.5 Å². The zero-order chi connectivity index (χ0) is 14.7. The van der Waals surface area contributed by atoms with Crippen molar-refractivity contribution in [1.29, 1.82) is 0 Å². The van der Waals surface area contributed by atoms with E-state index in [9.17, 15) is 9.18 Å². The highest BCUT2D eigenvalue weighted by Gasteiger charge is 2.39. The van der Waals surface area contributed by atoms with Crippen molar-refractivity contribution < 1.29 is 13.9 Å². The van der Waals surface area contributed by atoms with Crippen LogP contribution in [0, 0.1) is 0 Å². The van der Waals surface area contributed by atoms with Crippen molar-refractivity contribution in [2.24, 2.45) is 5.73 Å². The Hall–Kier alpha value is -1.43. The summed E-state index contributed by atoms with van der Waals surface area (Å²) in [6.45, 7) is 6.15. The Balaban J connectivity index is 2.89. The first-order chi connectivity index (χ1) is 8.72. The molecular weight excluding hydrogens is 249 g/mol. The fourth-order valence-electron chi connectivity index (χ4n) is 1.63. The lowest BCUT2D eigenvalue weighted by molar-refractivity contribution is -0.163. The maximum Gasteiger partial charge on any atom is 0.331 e. The van der Waals surface area contributed by atoms with E-state index in [0.29, 0.717) is 0 Å². The average Bonchev–Trinajstić information content (AvgIpc) is 2.73. The Kier molecular flexibility index (Phi) is 4.68. The number of aryl methyl sites for hydroxylation is 1. The van der Waals surface area contributed by atoms with Gasteiger partial charge in [-0.2, -0.15) is 0 Å². The number of nitrogens with two attached hydrogens (primary N) is 1. The number of nitrogens with zero attached hydrogens (tertiary/aromatic N) is 2. The van der Waals surface area contributed by atoms with Crippen molar-refractivity contribution in [3.05, 3.63) is 18.2 Å². The molecule has 0 radical (unpaired) electrons. The third-order valence-corrected chi connectivity index (χ3v) is 2.66. The van der Waals surface area contributed by atoms with Gasteiger partial charge in [-0.1, -0.05) is 6.92 Å². The molecule has 0 amide bonds. The van der Waals surface area contributed by atoms with Gasteiger partial charge in [0.25, 0.3) is 0 Å². The number of rotatable bonds is 5. The van der Waals surface area contributed by atoms with E-state index >= 15 is 0 Å². The molecule has 108 valence electrons. The van der Waals surface area contributed by atoms with Crippen LogP contribution in [0.1, 0.15) is 33.4 Å². The van der Waals surface area contributed by atoms with E-state index in [4.69, 9.17) is 10.5 Å². The van der Waals surface area contributed by atoms with Crippen LogP contribution in [0.25, 0.3) is 0 Å². The molecule has 0 fully saturated rings. The molecule has 0 saturated carbocycles. The number of hydrogen-bond donors (Lipinski definition) is 1. The monoisotopic (exact) mass is 271 g/mol. The van der Waals surface area contributed by atoms with Crippen LogP contribution < -0.4 is 5.73 Å². The van der Waals surface area contributed by atoms with E-state index in [1.54, 1.807) is 37.9 Å². The summed E-state index contributed by atoms with van der Waals surface area (Å²) in [5.41, 5.74) is 4.38. The van der Waals surface area contributed by atoms with Gasteiger partial charge in [0.05, 0.1) is 12.9 Å². The second kappa shape index (κ2) is 5.69. The lowest BCUT2D eigenvalue weighted by Gasteiger charge is -2.29. The molecule has 0 aromatic carbocycles. The summed E-state index contributed by atoms with van der Waals surface area (Å²) in [6.07, 6.45) is 3.95. The van der Waals surface area contributed by atoms with Gasteiger partial charge in [-0.15, -0.1) is 0 Å². The quantitative estimate of drug-likeness (QED) is 0.823. The number of esters is 1. The fraction of sp³-hybridized carbons (Fsp3) is 0.692. The highest BCUT2D eigenvalue weighted by Crippen LogP contribution is 2.16. The molecule has 0 saturated heterocycles. The Morgan fingerprint density at radius 2 is 2.16 bits per heavy atom. The molecule has 1 atom stereocenters. The summed E-state index contributed by atoms with van der Waals surface area (Å²) < 4.78 is 20.1. The van der Waals surface area contributed by atoms with E-state index in [1.807, 2.05) is 6.92 Å². The number of alkyl halides is 1. The topological polar surface area (TPSA) is 70.1 Å². The van der Waals surface area contributed by atoms with Crippen LogP contribution in [0.4, 0.5) is 4.39 Å². The molecule has 5 nitrogen and oxygen atoms in total. The van der Waals surface area contributed by atoms with E-state index in [2.05, 4.69) is 4.98 Å². The Morgan fingerprint density at radius 1 is 1.53 bits per heavy atom. The maximum atomic E-state index is 13.2. The molecular formula is C13H22FN3O2. The van der Waals surface area contributed by atoms with Crippen molar-refractivity contribution in [3.8, 4) is 0 Å². The molecule has 2 N–H and O–H groups in total. The number of carbonyl (C=O) groups is 1. The van der Waals surface area contributed by atoms with Gasteiger partial charge >= 0.3 is 5.97 Å². The SMILES string of the molecule is CCc1cncn1CC(N)(CF)C(=O)OC(C)(C)C. The molecule has 0 spiro atoms. The van der Waals surface area contributed by atoms with E-state index in [1.165, 1.54) is 0 Å². The largest absolute Gasteiger partial charge is 0.458 e. The molecule has 1 aromatic rings. The normalized spacial score (nSPS) is 15.1. The maximum absolute atomic E-state index is 13.2. The Bertz CT molecular complexity index is 439. The zero-order valence-electron chi connectivity index (χ0n) is 11.9. The average molecular weight is 271 g/mol. The fourth-order valence-corrected chi connectivity index (χ4v) is 1.63. The number of ether oxygens (including phenoxy) is 1. The number of carbonyl (C=O) groups excluding carboxylic acids is 1. The van der Waals surface area contributed by atoms with Crippen LogP contribution in [0.3, 0.4) is 0 Å². The van der Waals surface area contributed by atoms with E-state index in [-0.39, 0.29) is 6.54 Å². The highest BCUT2D eigenvalue weighted by molar-refractivity contribution is 5.81. The van der Waals surface area contributed by atoms with Gasteiger partial charge < -0.3 is 15.0 Å². The van der Waals surface area contributed by atoms with Crippen molar-refractivity contribution in [2.75, 3.05) is 6.67 Å². The minimum Gasteiger partial charge on any atom is -0.458 e. The predicted molar refractivity (Wildman–Crippen MR) is 70.3 cm³/mol. The van der Waals surface area contributed by atoms with E-state index < -0.39 is 23.8 Å². The van der Waals surface area contributed by atoms with Gasteiger partial charge in [-0.05, 0) is 27.2 Å². The molecule has 1 unspecified atom stereocenters. The van der Waals surface area contributed by atoms with Gasteiger partial charge in [0.15, 0.2) is 5.54 Å². The van der Waals surface area contributed by atoms with Gasteiger partial charge in [0.2, 0.25) is 0 Å². The molecule has 0 aliphatic carbocycles. The van der Waals surface area contributed by atoms with Crippen LogP contribution in [-0.4, -0.2) is 33.3 Å². The number of halogens is 1. The Labute approximate surface area is 113 Å². The molecule has 0 bridgehead atoms. The third-order valence-electron chi connectivity index (χ3n) is 2.66. The molecule has 1 heterocycles. The third kappa shape index (κ3) is 4.02. The van der Waals surface area contributed by atoms with Gasteiger partial charge in [-0.25, -0.2) is 14.2 Å². The van der Waals surface area contributed by atoms with Crippen LogP contribution >= 0.6 is 0 Å². The summed E-state index contributed by atoms with van der Waals surface area (Å²) in [7, 11) is 0. The smallest absolute Gasteiger partial charge is 0.331 e. The molecule has 1 aromatic heterocycles. The van der Waals surface area contributed by atoms with Crippen LogP contribution in [-0.2, 0) is 22.5 Å². The number of imidazole rings is 1. The molecule has 0 aliphatic heterocycles. The first kappa shape index (κ1) is 15.6. The standard InChI is InChI=1S/C13H22FN3O2/c1-5-10-6-16-9-17(10)8-13(15,7-14)11(18)19-12(2,3)4/h6,9H,5,7-8,15H2,1-4H3. The van der Waals surface area contributed by atoms with E-state index in [0.717, 1.165) is 12.1 Å². The number of aromatic nitrogens is 2. The molecule has 6 heteroatoms. The molecule has 1 rings (SSSR count). The summed E-state index contributed by atoms with van der Waals surface area (Å²) in [5, 5.41) is 0. The van der Waals surface area contributed by atoms with Gasteiger partial charge in [0.1, 0.15) is 12.3 Å². The first-order valence-corrected chi connectivity index (χ1v) is 6.29. The molecule has 19 heavy (non-hydrogen) atoms. The Morgan fingerprint density at radius 3 is 2.63 bits per heavy atom. The summed E-state index contributed by atoms with van der Waals surface area (Å²) in [5.74, 6) is -0.738. The first-order valence-electron chi connectivity index (χ1n) is 6.29.